The third kappa shape index (κ3) is 3.26. The fourth-order valence-corrected chi connectivity index (χ4v) is 3.41. The predicted octanol–water partition coefficient (Wildman–Crippen LogP) is 4.59. The van der Waals surface area contributed by atoms with Gasteiger partial charge in [-0.25, -0.2) is 0 Å². The van der Waals surface area contributed by atoms with Gasteiger partial charge in [0.2, 0.25) is 0 Å². The second-order valence-corrected chi connectivity index (χ2v) is 7.13. The molecular formula is C14H19BrN2O2. The topological polar surface area (TPSA) is 55.2 Å². The Morgan fingerprint density at radius 1 is 1.42 bits per heavy atom. The van der Waals surface area contributed by atoms with Crippen LogP contribution in [-0.2, 0) is 0 Å². The first-order chi connectivity index (χ1) is 8.78. The third-order valence-corrected chi connectivity index (χ3v) is 4.32. The van der Waals surface area contributed by atoms with Gasteiger partial charge in [-0.1, -0.05) is 36.7 Å². The van der Waals surface area contributed by atoms with Gasteiger partial charge in [0.05, 0.1) is 4.92 Å². The lowest BCUT2D eigenvalue weighted by molar-refractivity contribution is -0.384. The maximum absolute atomic E-state index is 11.1. The first kappa shape index (κ1) is 14.3. The lowest BCUT2D eigenvalue weighted by Crippen LogP contribution is -2.23. The van der Waals surface area contributed by atoms with Crippen LogP contribution in [0.5, 0.6) is 0 Å². The van der Waals surface area contributed by atoms with Crippen LogP contribution in [0.2, 0.25) is 0 Å². The first-order valence-electron chi connectivity index (χ1n) is 6.49. The highest BCUT2D eigenvalue weighted by atomic mass is 79.9. The van der Waals surface area contributed by atoms with E-state index in [0.29, 0.717) is 23.1 Å². The summed E-state index contributed by atoms with van der Waals surface area (Å²) in [5.41, 5.74) is 1.05. The van der Waals surface area contributed by atoms with Crippen LogP contribution in [0, 0.1) is 21.4 Å². The van der Waals surface area contributed by atoms with Crippen LogP contribution in [0.25, 0.3) is 0 Å². The van der Waals surface area contributed by atoms with E-state index in [4.69, 9.17) is 0 Å². The number of hydrogen-bond donors (Lipinski definition) is 1. The van der Waals surface area contributed by atoms with Crippen LogP contribution in [0.3, 0.4) is 0 Å². The van der Waals surface area contributed by atoms with Crippen molar-refractivity contribution in [1.29, 1.82) is 0 Å². The van der Waals surface area contributed by atoms with Crippen LogP contribution >= 0.6 is 15.9 Å². The maximum Gasteiger partial charge on any atom is 0.293 e. The summed E-state index contributed by atoms with van der Waals surface area (Å²) < 4.78 is 0.726. The molecule has 1 saturated carbocycles. The van der Waals surface area contributed by atoms with Gasteiger partial charge in [0, 0.05) is 16.6 Å². The molecule has 0 heterocycles. The van der Waals surface area contributed by atoms with Crippen LogP contribution in [0.15, 0.2) is 22.7 Å². The van der Waals surface area contributed by atoms with E-state index in [1.165, 1.54) is 0 Å². The standard InChI is InChI=1S/C14H19BrN2O2/c1-9-7-14(2,3)8-12(9)16-11-5-4-10(15)6-13(11)17(18)19/h4-6,9,12,16H,7-8H2,1-3H3. The molecule has 2 unspecified atom stereocenters. The Morgan fingerprint density at radius 2 is 2.11 bits per heavy atom. The van der Waals surface area contributed by atoms with Crippen molar-refractivity contribution in [2.45, 2.75) is 39.7 Å². The van der Waals surface area contributed by atoms with Crippen molar-refractivity contribution in [3.8, 4) is 0 Å². The molecule has 1 aliphatic rings. The van der Waals surface area contributed by atoms with Gasteiger partial charge in [0.15, 0.2) is 0 Å². The monoisotopic (exact) mass is 326 g/mol. The summed E-state index contributed by atoms with van der Waals surface area (Å²) in [6.07, 6.45) is 2.19. The largest absolute Gasteiger partial charge is 0.376 e. The highest BCUT2D eigenvalue weighted by Gasteiger charge is 2.37. The molecule has 5 heteroatoms. The zero-order valence-electron chi connectivity index (χ0n) is 11.4. The average Bonchev–Trinajstić information content (AvgIpc) is 2.54. The summed E-state index contributed by atoms with van der Waals surface area (Å²) in [7, 11) is 0. The van der Waals surface area contributed by atoms with Gasteiger partial charge in [0.1, 0.15) is 5.69 Å². The quantitative estimate of drug-likeness (QED) is 0.652. The van der Waals surface area contributed by atoms with E-state index in [2.05, 4.69) is 42.0 Å². The Bertz CT molecular complexity index is 502. The van der Waals surface area contributed by atoms with Gasteiger partial charge in [-0.05, 0) is 36.3 Å². The second-order valence-electron chi connectivity index (χ2n) is 6.22. The molecule has 0 amide bonds. The number of rotatable bonds is 3. The Labute approximate surface area is 121 Å². The molecule has 19 heavy (non-hydrogen) atoms. The molecular weight excluding hydrogens is 308 g/mol. The lowest BCUT2D eigenvalue weighted by Gasteiger charge is -2.19. The molecule has 0 aromatic heterocycles. The molecule has 104 valence electrons. The molecule has 1 aliphatic carbocycles. The molecule has 4 nitrogen and oxygen atoms in total. The molecule has 2 rings (SSSR count). The summed E-state index contributed by atoms with van der Waals surface area (Å²) in [4.78, 5) is 10.8. The van der Waals surface area contributed by atoms with Gasteiger partial charge in [-0.15, -0.1) is 0 Å². The van der Waals surface area contributed by atoms with Crippen molar-refractivity contribution < 1.29 is 4.92 Å². The summed E-state index contributed by atoms with van der Waals surface area (Å²) in [6.45, 7) is 6.71. The summed E-state index contributed by atoms with van der Waals surface area (Å²) >= 11 is 3.28. The summed E-state index contributed by atoms with van der Waals surface area (Å²) in [5, 5.41) is 14.5. The number of hydrogen-bond acceptors (Lipinski definition) is 3. The van der Waals surface area contributed by atoms with E-state index in [-0.39, 0.29) is 10.6 Å². The molecule has 0 aliphatic heterocycles. The van der Waals surface area contributed by atoms with Gasteiger partial charge >= 0.3 is 0 Å². The number of halogens is 1. The number of benzene rings is 1. The maximum atomic E-state index is 11.1. The van der Waals surface area contributed by atoms with E-state index < -0.39 is 0 Å². The minimum Gasteiger partial charge on any atom is -0.376 e. The van der Waals surface area contributed by atoms with E-state index in [1.54, 1.807) is 12.1 Å². The van der Waals surface area contributed by atoms with Gasteiger partial charge in [0.25, 0.3) is 5.69 Å². The van der Waals surface area contributed by atoms with Gasteiger partial charge < -0.3 is 5.32 Å². The summed E-state index contributed by atoms with van der Waals surface area (Å²) in [5.74, 6) is 0.526. The van der Waals surface area contributed by atoms with Crippen molar-refractivity contribution in [2.24, 2.45) is 11.3 Å². The van der Waals surface area contributed by atoms with Crippen LogP contribution in [0.1, 0.15) is 33.6 Å². The van der Waals surface area contributed by atoms with E-state index in [1.807, 2.05) is 6.07 Å². The summed E-state index contributed by atoms with van der Waals surface area (Å²) in [6, 6.07) is 5.46. The van der Waals surface area contributed by atoms with Crippen molar-refractivity contribution in [1.82, 2.24) is 0 Å². The Morgan fingerprint density at radius 3 is 2.63 bits per heavy atom. The van der Waals surface area contributed by atoms with Crippen LogP contribution < -0.4 is 5.32 Å². The SMILES string of the molecule is CC1CC(C)(C)CC1Nc1ccc(Br)cc1[N+](=O)[O-]. The van der Waals surface area contributed by atoms with Crippen LogP contribution in [-0.4, -0.2) is 11.0 Å². The minimum absolute atomic E-state index is 0.131. The zero-order valence-corrected chi connectivity index (χ0v) is 13.0. The highest BCUT2D eigenvalue weighted by molar-refractivity contribution is 9.10. The van der Waals surface area contributed by atoms with E-state index >= 15 is 0 Å². The normalized spacial score (nSPS) is 25.3. The van der Waals surface area contributed by atoms with Crippen LogP contribution in [0.4, 0.5) is 11.4 Å². The predicted molar refractivity (Wildman–Crippen MR) is 80.4 cm³/mol. The Kier molecular flexibility index (Phi) is 3.85. The number of anilines is 1. The number of nitro groups is 1. The minimum atomic E-state index is -0.335. The third-order valence-electron chi connectivity index (χ3n) is 3.83. The average molecular weight is 327 g/mol. The highest BCUT2D eigenvalue weighted by Crippen LogP contribution is 2.43. The number of nitrogens with one attached hydrogen (secondary N) is 1. The van der Waals surface area contributed by atoms with Gasteiger partial charge in [-0.2, -0.15) is 0 Å². The molecule has 0 radical (unpaired) electrons. The van der Waals surface area contributed by atoms with E-state index in [0.717, 1.165) is 17.3 Å². The molecule has 0 saturated heterocycles. The smallest absolute Gasteiger partial charge is 0.293 e. The number of nitrogens with zero attached hydrogens (tertiary/aromatic N) is 1. The Balaban J connectivity index is 2.22. The molecule has 1 aromatic carbocycles. The molecule has 0 bridgehead atoms. The van der Waals surface area contributed by atoms with Crippen molar-refractivity contribution in [2.75, 3.05) is 5.32 Å². The lowest BCUT2D eigenvalue weighted by atomic mass is 9.91. The fraction of sp³-hybridized carbons (Fsp3) is 0.571. The number of nitro benzene ring substituents is 1. The van der Waals surface area contributed by atoms with Gasteiger partial charge in [-0.3, -0.25) is 10.1 Å². The molecule has 1 fully saturated rings. The van der Waals surface area contributed by atoms with Crippen molar-refractivity contribution in [3.63, 3.8) is 0 Å². The molecule has 2 atom stereocenters. The van der Waals surface area contributed by atoms with Crippen molar-refractivity contribution >= 4 is 27.3 Å². The van der Waals surface area contributed by atoms with Crippen molar-refractivity contribution in [3.05, 3.63) is 32.8 Å². The molecule has 1 N–H and O–H groups in total. The van der Waals surface area contributed by atoms with E-state index in [9.17, 15) is 10.1 Å². The first-order valence-corrected chi connectivity index (χ1v) is 7.28. The molecule has 1 aromatic rings. The Hall–Kier alpha value is -1.10. The molecule has 0 spiro atoms. The second kappa shape index (κ2) is 5.12. The zero-order chi connectivity index (χ0) is 14.2. The fourth-order valence-electron chi connectivity index (χ4n) is 3.06.